The lowest BCUT2D eigenvalue weighted by Gasteiger charge is -2.30. The first-order chi connectivity index (χ1) is 16.5. The summed E-state index contributed by atoms with van der Waals surface area (Å²) in [7, 11) is 0. The van der Waals surface area contributed by atoms with E-state index in [9.17, 15) is 14.9 Å². The van der Waals surface area contributed by atoms with Crippen molar-refractivity contribution in [2.24, 2.45) is 0 Å². The van der Waals surface area contributed by atoms with E-state index in [0.717, 1.165) is 34.3 Å². The van der Waals surface area contributed by atoms with Crippen LogP contribution < -0.4 is 0 Å². The number of benzene rings is 2. The average Bonchev–Trinajstić information content (AvgIpc) is 3.50. The molecule has 0 radical (unpaired) electrons. The Morgan fingerprint density at radius 1 is 1.24 bits per heavy atom. The second-order valence-corrected chi connectivity index (χ2v) is 9.51. The van der Waals surface area contributed by atoms with Crippen molar-refractivity contribution in [1.82, 2.24) is 14.9 Å². The van der Waals surface area contributed by atoms with Crippen LogP contribution in [0.1, 0.15) is 29.3 Å². The van der Waals surface area contributed by atoms with E-state index in [2.05, 4.69) is 4.98 Å². The molecule has 0 bridgehead atoms. The van der Waals surface area contributed by atoms with Gasteiger partial charge >= 0.3 is 0 Å². The molecular weight excluding hydrogens is 472 g/mol. The summed E-state index contributed by atoms with van der Waals surface area (Å²) >= 11 is 7.48. The van der Waals surface area contributed by atoms with Crippen LogP contribution in [-0.2, 0) is 4.79 Å². The number of amides is 1. The van der Waals surface area contributed by atoms with Gasteiger partial charge in [-0.15, -0.1) is 11.3 Å². The third-order valence-electron chi connectivity index (χ3n) is 6.14. The number of carbonyl (C=O) groups excluding carboxylic acids is 1. The van der Waals surface area contributed by atoms with E-state index >= 15 is 0 Å². The number of aromatic nitrogens is 2. The first-order valence-corrected chi connectivity index (χ1v) is 12.2. The molecule has 1 N–H and O–H groups in total. The molecule has 9 heteroatoms. The summed E-state index contributed by atoms with van der Waals surface area (Å²) in [5, 5.41) is 15.3. The van der Waals surface area contributed by atoms with Gasteiger partial charge in [0.15, 0.2) is 0 Å². The molecule has 5 rings (SSSR count). The molecule has 34 heavy (non-hydrogen) atoms. The van der Waals surface area contributed by atoms with Gasteiger partial charge in [-0.3, -0.25) is 14.9 Å². The van der Waals surface area contributed by atoms with Crippen molar-refractivity contribution in [3.05, 3.63) is 85.8 Å². The molecular formula is C25H21ClN4O3S. The Labute approximate surface area is 204 Å². The third kappa shape index (κ3) is 4.47. The molecule has 172 valence electrons. The molecule has 3 heterocycles. The van der Waals surface area contributed by atoms with Crippen LogP contribution in [0.5, 0.6) is 0 Å². The van der Waals surface area contributed by atoms with Gasteiger partial charge < -0.3 is 9.88 Å². The van der Waals surface area contributed by atoms with Gasteiger partial charge in [-0.1, -0.05) is 35.9 Å². The number of piperidine rings is 1. The van der Waals surface area contributed by atoms with E-state index in [-0.39, 0.29) is 22.5 Å². The van der Waals surface area contributed by atoms with Gasteiger partial charge in [-0.05, 0) is 36.6 Å². The van der Waals surface area contributed by atoms with Gasteiger partial charge in [0.05, 0.1) is 15.6 Å². The predicted octanol–water partition coefficient (Wildman–Crippen LogP) is 6.27. The Balaban J connectivity index is 1.22. The van der Waals surface area contributed by atoms with Gasteiger partial charge in [0.2, 0.25) is 5.91 Å². The van der Waals surface area contributed by atoms with E-state index in [0.29, 0.717) is 24.3 Å². The number of nitrogens with one attached hydrogen (secondary N) is 1. The zero-order valence-corrected chi connectivity index (χ0v) is 19.7. The number of hydrogen-bond acceptors (Lipinski definition) is 5. The van der Waals surface area contributed by atoms with Gasteiger partial charge in [-0.25, -0.2) is 4.98 Å². The number of hydrogen-bond donors (Lipinski definition) is 1. The number of nitrogens with zero attached hydrogens (tertiary/aromatic N) is 3. The second kappa shape index (κ2) is 9.40. The van der Waals surface area contributed by atoms with Crippen LogP contribution in [0.4, 0.5) is 5.69 Å². The zero-order chi connectivity index (χ0) is 23.7. The molecule has 1 aliphatic rings. The van der Waals surface area contributed by atoms with Crippen molar-refractivity contribution in [2.45, 2.75) is 18.8 Å². The Kier molecular flexibility index (Phi) is 6.17. The molecule has 1 amide bonds. The number of thiazole rings is 1. The van der Waals surface area contributed by atoms with Gasteiger partial charge in [0.25, 0.3) is 5.69 Å². The first-order valence-electron chi connectivity index (χ1n) is 10.9. The van der Waals surface area contributed by atoms with E-state index in [1.165, 1.54) is 12.1 Å². The van der Waals surface area contributed by atoms with Crippen LogP contribution in [0, 0.1) is 10.1 Å². The van der Waals surface area contributed by atoms with Crippen LogP contribution in [0.3, 0.4) is 0 Å². The molecule has 0 saturated carbocycles. The number of rotatable bonds is 5. The first kappa shape index (κ1) is 22.3. The maximum atomic E-state index is 12.7. The normalized spacial score (nSPS) is 14.8. The van der Waals surface area contributed by atoms with Crippen LogP contribution >= 0.6 is 22.9 Å². The quantitative estimate of drug-likeness (QED) is 0.202. The number of halogens is 1. The van der Waals surface area contributed by atoms with Crippen LogP contribution in [0.15, 0.2) is 60.1 Å². The van der Waals surface area contributed by atoms with E-state index in [4.69, 9.17) is 16.6 Å². The topological polar surface area (TPSA) is 92.1 Å². The summed E-state index contributed by atoms with van der Waals surface area (Å²) in [6.45, 7) is 1.34. The highest BCUT2D eigenvalue weighted by atomic mass is 35.5. The molecule has 1 fully saturated rings. The molecule has 1 saturated heterocycles. The molecule has 0 atom stereocenters. The SMILES string of the molecule is O=C(/C=C/c1c[nH]c2ccccc12)N1CCC(c2nc(-c3ccc(Cl)c([N+](=O)[O-])c3)cs2)CC1. The second-order valence-electron chi connectivity index (χ2n) is 8.22. The maximum absolute atomic E-state index is 12.7. The number of fused-ring (bicyclic) bond motifs is 1. The zero-order valence-electron chi connectivity index (χ0n) is 18.1. The number of likely N-dealkylation sites (tertiary alicyclic amines) is 1. The molecule has 2 aromatic heterocycles. The number of carbonyl (C=O) groups is 1. The average molecular weight is 493 g/mol. The minimum atomic E-state index is -0.487. The molecule has 0 spiro atoms. The molecule has 2 aromatic carbocycles. The smallest absolute Gasteiger partial charge is 0.288 e. The van der Waals surface area contributed by atoms with Crippen molar-refractivity contribution >= 4 is 51.5 Å². The summed E-state index contributed by atoms with van der Waals surface area (Å²) in [6, 6.07) is 12.7. The van der Waals surface area contributed by atoms with Crippen molar-refractivity contribution in [1.29, 1.82) is 0 Å². The monoisotopic (exact) mass is 492 g/mol. The summed E-state index contributed by atoms with van der Waals surface area (Å²) in [5.74, 6) is 0.278. The fraction of sp³-hybridized carbons (Fsp3) is 0.200. The predicted molar refractivity (Wildman–Crippen MR) is 135 cm³/mol. The minimum Gasteiger partial charge on any atom is -0.361 e. The largest absolute Gasteiger partial charge is 0.361 e. The van der Waals surface area contributed by atoms with Crippen molar-refractivity contribution < 1.29 is 9.72 Å². The number of nitro groups is 1. The summed E-state index contributed by atoms with van der Waals surface area (Å²) < 4.78 is 0. The number of nitro benzene ring substituents is 1. The number of aromatic amines is 1. The lowest BCUT2D eigenvalue weighted by Crippen LogP contribution is -2.36. The van der Waals surface area contributed by atoms with Crippen molar-refractivity contribution in [2.75, 3.05) is 13.1 Å². The summed E-state index contributed by atoms with van der Waals surface area (Å²) in [4.78, 5) is 33.2. The van der Waals surface area contributed by atoms with E-state index in [1.807, 2.05) is 46.8 Å². The summed E-state index contributed by atoms with van der Waals surface area (Å²) in [6.07, 6.45) is 7.09. The van der Waals surface area contributed by atoms with Crippen molar-refractivity contribution in [3.63, 3.8) is 0 Å². The van der Waals surface area contributed by atoms with Crippen LogP contribution in [0.2, 0.25) is 5.02 Å². The lowest BCUT2D eigenvalue weighted by atomic mass is 9.97. The maximum Gasteiger partial charge on any atom is 0.288 e. The molecule has 1 aliphatic heterocycles. The van der Waals surface area contributed by atoms with Crippen LogP contribution in [-0.4, -0.2) is 38.8 Å². The van der Waals surface area contributed by atoms with E-state index in [1.54, 1.807) is 23.5 Å². The molecule has 0 unspecified atom stereocenters. The summed E-state index contributed by atoms with van der Waals surface area (Å²) in [5.41, 5.74) is 3.30. The lowest BCUT2D eigenvalue weighted by molar-refractivity contribution is -0.384. The minimum absolute atomic E-state index is 0.0111. The van der Waals surface area contributed by atoms with Gasteiger partial charge in [0, 0.05) is 59.2 Å². The Bertz CT molecular complexity index is 1400. The number of para-hydroxylation sites is 1. The number of H-pyrrole nitrogens is 1. The highest BCUT2D eigenvalue weighted by molar-refractivity contribution is 7.10. The standard InChI is InChI=1S/C25H21ClN4O3S/c26-20-7-5-17(13-23(20)30(32)33)22-15-34-25(28-22)16-9-11-29(12-10-16)24(31)8-6-18-14-27-21-4-2-1-3-19(18)21/h1-8,13-16,27H,9-12H2/b8-6+. The Morgan fingerprint density at radius 2 is 2.03 bits per heavy atom. The highest BCUT2D eigenvalue weighted by Crippen LogP contribution is 2.35. The van der Waals surface area contributed by atoms with Crippen LogP contribution in [0.25, 0.3) is 28.2 Å². The fourth-order valence-electron chi connectivity index (χ4n) is 4.26. The van der Waals surface area contributed by atoms with Gasteiger partial charge in [0.1, 0.15) is 5.02 Å². The Hall–Kier alpha value is -3.49. The molecule has 7 nitrogen and oxygen atoms in total. The van der Waals surface area contributed by atoms with Crippen molar-refractivity contribution in [3.8, 4) is 11.3 Å². The Morgan fingerprint density at radius 3 is 2.82 bits per heavy atom. The van der Waals surface area contributed by atoms with E-state index < -0.39 is 4.92 Å². The molecule has 0 aliphatic carbocycles. The fourth-order valence-corrected chi connectivity index (χ4v) is 5.45. The highest BCUT2D eigenvalue weighted by Gasteiger charge is 2.25. The third-order valence-corrected chi connectivity index (χ3v) is 7.47. The molecule has 4 aromatic rings. The van der Waals surface area contributed by atoms with Gasteiger partial charge in [-0.2, -0.15) is 0 Å².